The van der Waals surface area contributed by atoms with Crippen LogP contribution >= 0.6 is 11.3 Å². The first-order valence-electron chi connectivity index (χ1n) is 9.94. The molecule has 1 aliphatic rings. The Kier molecular flexibility index (Phi) is 9.17. The molecule has 0 spiro atoms. The average Bonchev–Trinajstić information content (AvgIpc) is 3.18. The lowest BCUT2D eigenvalue weighted by molar-refractivity contribution is -0.274. The molecule has 0 aliphatic heterocycles. The number of nitrogens with two attached hydrogens (primary N) is 1. The fraction of sp³-hybridized carbons (Fsp3) is 0.500. The highest BCUT2D eigenvalue weighted by Gasteiger charge is 2.30. The highest BCUT2D eigenvalue weighted by molar-refractivity contribution is 7.12. The van der Waals surface area contributed by atoms with Crippen molar-refractivity contribution in [3.63, 3.8) is 0 Å². The van der Waals surface area contributed by atoms with Gasteiger partial charge in [0.2, 0.25) is 0 Å². The molecule has 0 atom stereocenters. The van der Waals surface area contributed by atoms with Gasteiger partial charge in [-0.15, -0.1) is 24.5 Å². The molecule has 0 bridgehead atoms. The Bertz CT molecular complexity index is 735. The summed E-state index contributed by atoms with van der Waals surface area (Å²) in [6, 6.07) is 7.18. The molecule has 1 saturated carbocycles. The van der Waals surface area contributed by atoms with E-state index in [0.29, 0.717) is 4.88 Å². The lowest BCUT2D eigenvalue weighted by Gasteiger charge is -2.27. The summed E-state index contributed by atoms with van der Waals surface area (Å²) in [5.41, 5.74) is 7.15. The second-order valence-corrected chi connectivity index (χ2v) is 8.28. The summed E-state index contributed by atoms with van der Waals surface area (Å²) in [4.78, 5) is 11.1. The number of ether oxygens (including phenoxy) is 1. The summed E-state index contributed by atoms with van der Waals surface area (Å²) in [6.07, 6.45) is 4.51. The molecule has 1 aromatic carbocycles. The summed E-state index contributed by atoms with van der Waals surface area (Å²) in [6.45, 7) is 3.20. The van der Waals surface area contributed by atoms with Gasteiger partial charge in [0.05, 0.1) is 4.88 Å². The van der Waals surface area contributed by atoms with Crippen LogP contribution < -0.4 is 10.5 Å². The van der Waals surface area contributed by atoms with Crippen LogP contribution in [0.25, 0.3) is 11.1 Å². The minimum atomic E-state index is -4.69. The van der Waals surface area contributed by atoms with Crippen molar-refractivity contribution in [2.75, 3.05) is 6.54 Å². The van der Waals surface area contributed by atoms with Crippen LogP contribution in [0.15, 0.2) is 35.7 Å². The van der Waals surface area contributed by atoms with Gasteiger partial charge in [0, 0.05) is 0 Å². The Hall–Kier alpha value is -1.86. The highest BCUT2D eigenvalue weighted by Crippen LogP contribution is 2.31. The van der Waals surface area contributed by atoms with E-state index in [1.165, 1.54) is 74.1 Å². The molecule has 0 unspecified atom stereocenters. The number of carbonyl (C=O) groups is 1. The fourth-order valence-electron chi connectivity index (χ4n) is 3.58. The third-order valence-electron chi connectivity index (χ3n) is 5.15. The van der Waals surface area contributed by atoms with Crippen molar-refractivity contribution in [2.45, 2.75) is 51.8 Å². The maximum atomic E-state index is 12.0. The van der Waals surface area contributed by atoms with Gasteiger partial charge in [0.25, 0.3) is 0 Å². The third kappa shape index (κ3) is 8.19. The van der Waals surface area contributed by atoms with Crippen LogP contribution in [0.4, 0.5) is 13.2 Å². The van der Waals surface area contributed by atoms with Crippen LogP contribution in [0.1, 0.15) is 55.1 Å². The molecule has 1 aromatic heterocycles. The van der Waals surface area contributed by atoms with Crippen molar-refractivity contribution in [3.05, 3.63) is 40.6 Å². The number of rotatable bonds is 6. The molecule has 3 rings (SSSR count). The van der Waals surface area contributed by atoms with Crippen molar-refractivity contribution in [1.82, 2.24) is 0 Å². The van der Waals surface area contributed by atoms with E-state index in [1.807, 2.05) is 0 Å². The molecular weight excluding hydrogens is 399 g/mol. The number of halogens is 3. The van der Waals surface area contributed by atoms with Gasteiger partial charge in [-0.25, -0.2) is 0 Å². The first kappa shape index (κ1) is 23.4. The number of alkyl halides is 3. The van der Waals surface area contributed by atoms with Crippen LogP contribution in [0.5, 0.6) is 5.75 Å². The fourth-order valence-corrected chi connectivity index (χ4v) is 4.30. The van der Waals surface area contributed by atoms with Crippen molar-refractivity contribution >= 4 is 17.6 Å². The van der Waals surface area contributed by atoms with Crippen LogP contribution in [0.3, 0.4) is 0 Å². The van der Waals surface area contributed by atoms with E-state index in [0.717, 1.165) is 35.8 Å². The molecule has 0 radical (unpaired) electrons. The Morgan fingerprint density at radius 1 is 1.10 bits per heavy atom. The molecule has 7 heteroatoms. The summed E-state index contributed by atoms with van der Waals surface area (Å²) >= 11 is 1.28. The predicted molar refractivity (Wildman–Crippen MR) is 111 cm³/mol. The molecule has 0 saturated heterocycles. The van der Waals surface area contributed by atoms with E-state index in [-0.39, 0.29) is 5.75 Å². The lowest BCUT2D eigenvalue weighted by atomic mass is 9.80. The summed E-state index contributed by atoms with van der Waals surface area (Å²) in [5, 5.41) is 1.77. The molecule has 1 heterocycles. The number of aldehydes is 1. The van der Waals surface area contributed by atoms with Gasteiger partial charge in [-0.1, -0.05) is 44.7 Å². The largest absolute Gasteiger partial charge is 0.573 e. The second kappa shape index (κ2) is 11.4. The van der Waals surface area contributed by atoms with Gasteiger partial charge >= 0.3 is 6.36 Å². The van der Waals surface area contributed by atoms with E-state index in [4.69, 9.17) is 5.73 Å². The van der Waals surface area contributed by atoms with E-state index < -0.39 is 6.36 Å². The Morgan fingerprint density at radius 3 is 2.21 bits per heavy atom. The van der Waals surface area contributed by atoms with Crippen LogP contribution in [-0.4, -0.2) is 19.2 Å². The summed E-state index contributed by atoms with van der Waals surface area (Å²) in [7, 11) is 0. The van der Waals surface area contributed by atoms with E-state index in [2.05, 4.69) is 11.7 Å². The van der Waals surface area contributed by atoms with Gasteiger partial charge in [0.1, 0.15) is 5.75 Å². The molecule has 1 aliphatic carbocycles. The summed E-state index contributed by atoms with van der Waals surface area (Å²) in [5.74, 6) is 1.61. The number of thiophene rings is 1. The Balaban J connectivity index is 0.000000234. The Morgan fingerprint density at radius 2 is 1.72 bits per heavy atom. The molecule has 0 amide bonds. The zero-order valence-corrected chi connectivity index (χ0v) is 17.4. The zero-order valence-electron chi connectivity index (χ0n) is 16.6. The first-order valence-corrected chi connectivity index (χ1v) is 10.8. The normalized spacial score (nSPS) is 19.2. The van der Waals surface area contributed by atoms with E-state index in [1.54, 1.807) is 11.4 Å². The number of hydrogen-bond acceptors (Lipinski definition) is 4. The first-order chi connectivity index (χ1) is 13.8. The van der Waals surface area contributed by atoms with Gasteiger partial charge in [0.15, 0.2) is 6.29 Å². The van der Waals surface area contributed by atoms with Gasteiger partial charge < -0.3 is 10.5 Å². The molecule has 29 heavy (non-hydrogen) atoms. The van der Waals surface area contributed by atoms with Crippen LogP contribution in [0, 0.1) is 11.8 Å². The molecular formula is C22H28F3NO2S. The number of hydrogen-bond donors (Lipinski definition) is 1. The smallest absolute Gasteiger partial charge is 0.406 e. The molecule has 2 aromatic rings. The monoisotopic (exact) mass is 427 g/mol. The molecule has 3 nitrogen and oxygen atoms in total. The maximum Gasteiger partial charge on any atom is 0.573 e. The average molecular weight is 428 g/mol. The van der Waals surface area contributed by atoms with Gasteiger partial charge in [-0.3, -0.25) is 4.79 Å². The highest BCUT2D eigenvalue weighted by atomic mass is 32.1. The van der Waals surface area contributed by atoms with Crippen LogP contribution in [0.2, 0.25) is 0 Å². The van der Waals surface area contributed by atoms with E-state index in [9.17, 15) is 18.0 Å². The SMILES string of the molecule is CCCC1CCC(CN)CC1.O=Cc1cc(-c2ccc(OC(F)(F)F)cc2)cs1. The molecule has 2 N–H and O–H groups in total. The molecule has 1 fully saturated rings. The van der Waals surface area contributed by atoms with Crippen molar-refractivity contribution in [2.24, 2.45) is 17.6 Å². The number of benzene rings is 1. The summed E-state index contributed by atoms with van der Waals surface area (Å²) < 4.78 is 39.6. The van der Waals surface area contributed by atoms with E-state index >= 15 is 0 Å². The Labute approximate surface area is 174 Å². The minimum absolute atomic E-state index is 0.267. The molecule has 160 valence electrons. The van der Waals surface area contributed by atoms with Gasteiger partial charge in [-0.05, 0) is 65.9 Å². The minimum Gasteiger partial charge on any atom is -0.406 e. The standard InChI is InChI=1S/C12H7F3O2S.C10H21N/c13-12(14,15)17-10-3-1-8(2-4-10)9-5-11(6-16)18-7-9;1-2-3-9-4-6-10(8-11)7-5-9/h1-7H;9-10H,2-8,11H2,1H3. The predicted octanol–water partition coefficient (Wildman–Crippen LogP) is 6.68. The number of carbonyl (C=O) groups excluding carboxylic acids is 1. The van der Waals surface area contributed by atoms with Crippen LogP contribution in [-0.2, 0) is 0 Å². The lowest BCUT2D eigenvalue weighted by Crippen LogP contribution is -2.21. The quantitative estimate of drug-likeness (QED) is 0.523. The zero-order chi connectivity index (χ0) is 21.3. The third-order valence-corrected chi connectivity index (χ3v) is 6.01. The second-order valence-electron chi connectivity index (χ2n) is 7.34. The van der Waals surface area contributed by atoms with Crippen molar-refractivity contribution < 1.29 is 22.7 Å². The van der Waals surface area contributed by atoms with Crippen molar-refractivity contribution in [3.8, 4) is 16.9 Å². The topological polar surface area (TPSA) is 52.3 Å². The van der Waals surface area contributed by atoms with Gasteiger partial charge in [-0.2, -0.15) is 0 Å². The maximum absolute atomic E-state index is 12.0. The van der Waals surface area contributed by atoms with Crippen molar-refractivity contribution in [1.29, 1.82) is 0 Å².